The van der Waals surface area contributed by atoms with Crippen molar-refractivity contribution in [3.63, 3.8) is 0 Å². The van der Waals surface area contributed by atoms with Crippen molar-refractivity contribution in [2.75, 3.05) is 7.05 Å². The monoisotopic (exact) mass is 285 g/mol. The van der Waals surface area contributed by atoms with Crippen LogP contribution in [-0.4, -0.2) is 29.8 Å². The topological polar surface area (TPSA) is 20.3 Å². The highest BCUT2D eigenvalue weighted by atomic mass is 16.1. The van der Waals surface area contributed by atoms with Crippen molar-refractivity contribution >= 4 is 5.78 Å². The predicted molar refractivity (Wildman–Crippen MR) is 86.8 cm³/mol. The van der Waals surface area contributed by atoms with Gasteiger partial charge >= 0.3 is 0 Å². The molecule has 21 heavy (non-hydrogen) atoms. The molecule has 2 aliphatic heterocycles. The van der Waals surface area contributed by atoms with E-state index < -0.39 is 0 Å². The maximum absolute atomic E-state index is 13.0. The lowest BCUT2D eigenvalue weighted by atomic mass is 9.75. The standard InChI is InChI=1S/C19H27NO/c1-13(2)17-9-4-5-10-18(17)19(21)14-11-15-7-6-8-16(12-14)20(15)3/h4-5,9-10,13-16H,6-8,11-12H2,1-3H3. The number of fused-ring (bicyclic) bond motifs is 2. The van der Waals surface area contributed by atoms with E-state index in [1.54, 1.807) is 0 Å². The van der Waals surface area contributed by atoms with E-state index >= 15 is 0 Å². The van der Waals surface area contributed by atoms with Gasteiger partial charge in [0.25, 0.3) is 0 Å². The number of carbonyl (C=O) groups excluding carboxylic acids is 1. The third kappa shape index (κ3) is 2.78. The molecule has 2 fully saturated rings. The van der Waals surface area contributed by atoms with Crippen LogP contribution in [0.5, 0.6) is 0 Å². The molecule has 114 valence electrons. The van der Waals surface area contributed by atoms with Crippen molar-refractivity contribution in [2.45, 2.75) is 64.0 Å². The Bertz CT molecular complexity index is 508. The molecule has 1 aromatic rings. The molecule has 2 heterocycles. The number of carbonyl (C=O) groups is 1. The Morgan fingerprint density at radius 2 is 1.76 bits per heavy atom. The van der Waals surface area contributed by atoms with Gasteiger partial charge in [-0.2, -0.15) is 0 Å². The SMILES string of the molecule is CC(C)c1ccccc1C(=O)C1CC2CCCC(C1)N2C. The van der Waals surface area contributed by atoms with Crippen LogP contribution in [0.1, 0.15) is 67.8 Å². The van der Waals surface area contributed by atoms with Gasteiger partial charge in [-0.1, -0.05) is 44.5 Å². The normalized spacial score (nSPS) is 29.6. The van der Waals surface area contributed by atoms with Crippen molar-refractivity contribution in [1.29, 1.82) is 0 Å². The Balaban J connectivity index is 1.83. The number of Topliss-reactive ketones (excluding diaryl/α,β-unsaturated/α-hetero) is 1. The van der Waals surface area contributed by atoms with Crippen LogP contribution in [0.3, 0.4) is 0 Å². The lowest BCUT2D eigenvalue weighted by molar-refractivity contribution is 0.0338. The Morgan fingerprint density at radius 3 is 2.38 bits per heavy atom. The van der Waals surface area contributed by atoms with Crippen molar-refractivity contribution in [3.8, 4) is 0 Å². The molecule has 2 saturated heterocycles. The number of ketones is 1. The highest BCUT2D eigenvalue weighted by Crippen LogP contribution is 2.37. The van der Waals surface area contributed by atoms with Crippen LogP contribution in [0, 0.1) is 5.92 Å². The molecule has 2 heteroatoms. The summed E-state index contributed by atoms with van der Waals surface area (Å²) < 4.78 is 0. The van der Waals surface area contributed by atoms with E-state index in [1.165, 1.54) is 24.8 Å². The average molecular weight is 285 g/mol. The highest BCUT2D eigenvalue weighted by Gasteiger charge is 2.39. The molecule has 0 aliphatic carbocycles. The lowest BCUT2D eigenvalue weighted by Crippen LogP contribution is -2.51. The van der Waals surface area contributed by atoms with E-state index in [0.717, 1.165) is 18.4 Å². The first-order chi connectivity index (χ1) is 10.1. The molecule has 0 amide bonds. The molecule has 0 saturated carbocycles. The van der Waals surface area contributed by atoms with Crippen molar-refractivity contribution in [1.82, 2.24) is 4.90 Å². The first kappa shape index (κ1) is 14.8. The molecule has 2 aliphatic rings. The van der Waals surface area contributed by atoms with Gasteiger partial charge in [-0.15, -0.1) is 0 Å². The van der Waals surface area contributed by atoms with Gasteiger partial charge in [-0.05, 0) is 44.2 Å². The summed E-state index contributed by atoms with van der Waals surface area (Å²) in [6.45, 7) is 4.35. The quantitative estimate of drug-likeness (QED) is 0.774. The van der Waals surface area contributed by atoms with E-state index in [9.17, 15) is 4.79 Å². The minimum atomic E-state index is 0.233. The van der Waals surface area contributed by atoms with Gasteiger partial charge in [-0.3, -0.25) is 4.79 Å². The molecule has 0 spiro atoms. The van der Waals surface area contributed by atoms with Gasteiger partial charge < -0.3 is 4.90 Å². The fourth-order valence-electron chi connectivity index (χ4n) is 4.27. The van der Waals surface area contributed by atoms with Crippen LogP contribution in [-0.2, 0) is 0 Å². The fraction of sp³-hybridized carbons (Fsp3) is 0.632. The van der Waals surface area contributed by atoms with Gasteiger partial charge in [0, 0.05) is 23.6 Å². The molecule has 0 aromatic heterocycles. The number of nitrogens with zero attached hydrogens (tertiary/aromatic N) is 1. The molecule has 3 rings (SSSR count). The Labute approximate surface area is 128 Å². The van der Waals surface area contributed by atoms with E-state index in [-0.39, 0.29) is 5.92 Å². The van der Waals surface area contributed by atoms with Crippen LogP contribution < -0.4 is 0 Å². The Kier molecular flexibility index (Phi) is 4.17. The van der Waals surface area contributed by atoms with E-state index in [2.05, 4.69) is 37.9 Å². The van der Waals surface area contributed by atoms with Crippen LogP contribution in [0.2, 0.25) is 0 Å². The third-order valence-electron chi connectivity index (χ3n) is 5.56. The van der Waals surface area contributed by atoms with E-state index in [1.807, 2.05) is 12.1 Å². The summed E-state index contributed by atoms with van der Waals surface area (Å²) in [6.07, 6.45) is 5.98. The van der Waals surface area contributed by atoms with Crippen LogP contribution >= 0.6 is 0 Å². The predicted octanol–water partition coefficient (Wildman–Crippen LogP) is 4.26. The molecule has 2 bridgehead atoms. The Hall–Kier alpha value is -1.15. The fourth-order valence-corrected chi connectivity index (χ4v) is 4.27. The maximum Gasteiger partial charge on any atom is 0.166 e. The number of piperidine rings is 2. The Morgan fingerprint density at radius 1 is 1.14 bits per heavy atom. The van der Waals surface area contributed by atoms with Gasteiger partial charge in [0.15, 0.2) is 5.78 Å². The zero-order chi connectivity index (χ0) is 15.0. The van der Waals surface area contributed by atoms with Crippen LogP contribution in [0.25, 0.3) is 0 Å². The number of hydrogen-bond acceptors (Lipinski definition) is 2. The van der Waals surface area contributed by atoms with Crippen LogP contribution in [0.4, 0.5) is 0 Å². The summed E-state index contributed by atoms with van der Waals surface area (Å²) in [5.41, 5.74) is 2.19. The largest absolute Gasteiger partial charge is 0.300 e. The summed E-state index contributed by atoms with van der Waals surface area (Å²) in [7, 11) is 2.25. The second-order valence-corrected chi connectivity index (χ2v) is 7.18. The maximum atomic E-state index is 13.0. The van der Waals surface area contributed by atoms with Crippen molar-refractivity contribution in [3.05, 3.63) is 35.4 Å². The first-order valence-corrected chi connectivity index (χ1v) is 8.43. The second kappa shape index (κ2) is 5.92. The zero-order valence-corrected chi connectivity index (χ0v) is 13.5. The average Bonchev–Trinajstić information content (AvgIpc) is 2.46. The minimum Gasteiger partial charge on any atom is -0.300 e. The van der Waals surface area contributed by atoms with E-state index in [0.29, 0.717) is 23.8 Å². The summed E-state index contributed by atoms with van der Waals surface area (Å²) >= 11 is 0. The zero-order valence-electron chi connectivity index (χ0n) is 13.5. The molecular weight excluding hydrogens is 258 g/mol. The highest BCUT2D eigenvalue weighted by molar-refractivity contribution is 5.99. The summed E-state index contributed by atoms with van der Waals surface area (Å²) in [5.74, 6) is 1.04. The first-order valence-electron chi connectivity index (χ1n) is 8.43. The van der Waals surface area contributed by atoms with Gasteiger partial charge in [-0.25, -0.2) is 0 Å². The minimum absolute atomic E-state index is 0.233. The van der Waals surface area contributed by atoms with Crippen molar-refractivity contribution in [2.24, 2.45) is 5.92 Å². The van der Waals surface area contributed by atoms with Gasteiger partial charge in [0.05, 0.1) is 0 Å². The van der Waals surface area contributed by atoms with Crippen molar-refractivity contribution < 1.29 is 4.79 Å². The molecule has 2 nitrogen and oxygen atoms in total. The number of rotatable bonds is 3. The smallest absolute Gasteiger partial charge is 0.166 e. The van der Waals surface area contributed by atoms with Gasteiger partial charge in [0.2, 0.25) is 0 Å². The number of hydrogen-bond donors (Lipinski definition) is 0. The second-order valence-electron chi connectivity index (χ2n) is 7.18. The molecule has 0 N–H and O–H groups in total. The van der Waals surface area contributed by atoms with Gasteiger partial charge in [0.1, 0.15) is 0 Å². The summed E-state index contributed by atoms with van der Waals surface area (Å²) in [5, 5.41) is 0. The molecule has 0 radical (unpaired) electrons. The molecule has 2 atom stereocenters. The van der Waals surface area contributed by atoms with Crippen LogP contribution in [0.15, 0.2) is 24.3 Å². The number of benzene rings is 1. The molecule has 1 aromatic carbocycles. The molecule has 2 unspecified atom stereocenters. The lowest BCUT2D eigenvalue weighted by Gasteiger charge is -2.46. The summed E-state index contributed by atoms with van der Waals surface area (Å²) in [6, 6.07) is 9.46. The van der Waals surface area contributed by atoms with E-state index in [4.69, 9.17) is 0 Å². The summed E-state index contributed by atoms with van der Waals surface area (Å²) in [4.78, 5) is 15.6. The third-order valence-corrected chi connectivity index (χ3v) is 5.56. The molecular formula is C19H27NO.